The molecule has 0 atom stereocenters. The number of nitrogens with one attached hydrogen (secondary N) is 1. The molecule has 1 aromatic heterocycles. The van der Waals surface area contributed by atoms with E-state index in [0.29, 0.717) is 12.2 Å². The lowest BCUT2D eigenvalue weighted by atomic mass is 10.1. The van der Waals surface area contributed by atoms with Gasteiger partial charge >= 0.3 is 0 Å². The minimum Gasteiger partial charge on any atom is -0.325 e. The van der Waals surface area contributed by atoms with Gasteiger partial charge in [0.2, 0.25) is 5.91 Å². The monoisotopic (exact) mass is 402 g/mol. The van der Waals surface area contributed by atoms with Crippen LogP contribution in [-0.4, -0.2) is 26.4 Å². The van der Waals surface area contributed by atoms with Crippen LogP contribution in [0.4, 0.5) is 5.69 Å². The van der Waals surface area contributed by atoms with Crippen molar-refractivity contribution in [3.05, 3.63) is 78.6 Å². The van der Waals surface area contributed by atoms with Crippen molar-refractivity contribution < 1.29 is 4.79 Å². The summed E-state index contributed by atoms with van der Waals surface area (Å²) in [5.41, 5.74) is 1.89. The van der Waals surface area contributed by atoms with Crippen LogP contribution in [0.2, 0.25) is 0 Å². The SMILES string of the molecule is CCc1nnc(SCCC(=O)Nc2cccc3ccccc23)n1-c1ccccc1. The summed E-state index contributed by atoms with van der Waals surface area (Å²) in [6, 6.07) is 24.1. The third-order valence-corrected chi connectivity index (χ3v) is 5.59. The van der Waals surface area contributed by atoms with E-state index in [0.717, 1.165) is 39.5 Å². The number of anilines is 1. The summed E-state index contributed by atoms with van der Waals surface area (Å²) in [5, 5.41) is 14.6. The highest BCUT2D eigenvalue weighted by atomic mass is 32.2. The summed E-state index contributed by atoms with van der Waals surface area (Å²) in [6.45, 7) is 2.07. The van der Waals surface area contributed by atoms with Crippen LogP contribution < -0.4 is 5.32 Å². The van der Waals surface area contributed by atoms with Gasteiger partial charge in [-0.15, -0.1) is 10.2 Å². The molecule has 0 spiro atoms. The Hall–Kier alpha value is -3.12. The molecule has 0 bridgehead atoms. The number of benzene rings is 3. The topological polar surface area (TPSA) is 59.8 Å². The van der Waals surface area contributed by atoms with Gasteiger partial charge in [-0.3, -0.25) is 9.36 Å². The molecule has 0 aliphatic heterocycles. The Bertz CT molecular complexity index is 1120. The van der Waals surface area contributed by atoms with Crippen LogP contribution >= 0.6 is 11.8 Å². The van der Waals surface area contributed by atoms with E-state index in [1.165, 1.54) is 0 Å². The maximum absolute atomic E-state index is 12.5. The molecule has 0 aliphatic carbocycles. The minimum absolute atomic E-state index is 0.00431. The molecule has 3 aromatic carbocycles. The maximum Gasteiger partial charge on any atom is 0.225 e. The smallest absolute Gasteiger partial charge is 0.225 e. The van der Waals surface area contributed by atoms with Crippen molar-refractivity contribution >= 4 is 34.1 Å². The number of nitrogens with zero attached hydrogens (tertiary/aromatic N) is 3. The van der Waals surface area contributed by atoms with Crippen LogP contribution in [0, 0.1) is 0 Å². The van der Waals surface area contributed by atoms with Gasteiger partial charge in [0.05, 0.1) is 0 Å². The molecular weight excluding hydrogens is 380 g/mol. The Morgan fingerprint density at radius 2 is 1.72 bits per heavy atom. The number of thioether (sulfide) groups is 1. The zero-order chi connectivity index (χ0) is 20.1. The molecule has 0 fully saturated rings. The fourth-order valence-corrected chi connectivity index (χ4v) is 4.15. The molecular formula is C23H22N4OS. The number of rotatable bonds is 7. The Morgan fingerprint density at radius 1 is 0.966 bits per heavy atom. The molecule has 4 rings (SSSR count). The summed E-state index contributed by atoms with van der Waals surface area (Å²) >= 11 is 1.55. The molecule has 6 heteroatoms. The van der Waals surface area contributed by atoms with Gasteiger partial charge in [0, 0.05) is 35.4 Å². The summed E-state index contributed by atoms with van der Waals surface area (Å²) in [5.74, 6) is 1.54. The van der Waals surface area contributed by atoms with Crippen LogP contribution in [0.25, 0.3) is 16.5 Å². The first-order valence-electron chi connectivity index (χ1n) is 9.66. The fraction of sp³-hybridized carbons (Fsp3) is 0.174. The van der Waals surface area contributed by atoms with Crippen molar-refractivity contribution in [1.29, 1.82) is 0 Å². The standard InChI is InChI=1S/C23H22N4OS/c1-2-21-25-26-23(27(21)18-11-4-3-5-12-18)29-16-15-22(28)24-20-14-8-10-17-9-6-7-13-19(17)20/h3-14H,2,15-16H2,1H3,(H,24,28). The molecule has 1 N–H and O–H groups in total. The molecule has 0 saturated heterocycles. The largest absolute Gasteiger partial charge is 0.325 e. The van der Waals surface area contributed by atoms with Crippen LogP contribution in [0.3, 0.4) is 0 Å². The van der Waals surface area contributed by atoms with Crippen molar-refractivity contribution in [1.82, 2.24) is 14.8 Å². The quantitative estimate of drug-likeness (QED) is 0.437. The van der Waals surface area contributed by atoms with Crippen LogP contribution in [0.1, 0.15) is 19.2 Å². The summed E-state index contributed by atoms with van der Waals surface area (Å²) in [4.78, 5) is 12.5. The Labute approximate surface area is 174 Å². The van der Waals surface area contributed by atoms with E-state index in [2.05, 4.69) is 27.0 Å². The molecule has 0 unspecified atom stereocenters. The highest BCUT2D eigenvalue weighted by Crippen LogP contribution is 2.25. The number of aryl methyl sites for hydroxylation is 1. The highest BCUT2D eigenvalue weighted by Gasteiger charge is 2.14. The van der Waals surface area contributed by atoms with Gasteiger partial charge in [-0.2, -0.15) is 0 Å². The van der Waals surface area contributed by atoms with Crippen molar-refractivity contribution in [2.24, 2.45) is 0 Å². The molecule has 5 nitrogen and oxygen atoms in total. The van der Waals surface area contributed by atoms with Crippen molar-refractivity contribution in [3.63, 3.8) is 0 Å². The van der Waals surface area contributed by atoms with Crippen molar-refractivity contribution in [2.45, 2.75) is 24.9 Å². The molecule has 1 amide bonds. The first-order chi connectivity index (χ1) is 14.3. The van der Waals surface area contributed by atoms with E-state index in [9.17, 15) is 4.79 Å². The van der Waals surface area contributed by atoms with Gasteiger partial charge < -0.3 is 5.32 Å². The first kappa shape index (κ1) is 19.2. The number of amides is 1. The Balaban J connectivity index is 1.42. The Kier molecular flexibility index (Phi) is 5.91. The van der Waals surface area contributed by atoms with Gasteiger partial charge in [0.1, 0.15) is 5.82 Å². The highest BCUT2D eigenvalue weighted by molar-refractivity contribution is 7.99. The van der Waals surface area contributed by atoms with Gasteiger partial charge in [0.25, 0.3) is 0 Å². The van der Waals surface area contributed by atoms with E-state index in [-0.39, 0.29) is 5.91 Å². The summed E-state index contributed by atoms with van der Waals surface area (Å²) in [7, 11) is 0. The number of hydrogen-bond acceptors (Lipinski definition) is 4. The van der Waals surface area contributed by atoms with Crippen molar-refractivity contribution in [2.75, 3.05) is 11.1 Å². The predicted molar refractivity (Wildman–Crippen MR) is 119 cm³/mol. The molecule has 4 aromatic rings. The second-order valence-electron chi connectivity index (χ2n) is 6.60. The molecule has 1 heterocycles. The molecule has 0 radical (unpaired) electrons. The Morgan fingerprint density at radius 3 is 2.55 bits per heavy atom. The van der Waals surface area contributed by atoms with Crippen LogP contribution in [-0.2, 0) is 11.2 Å². The van der Waals surface area contributed by atoms with E-state index in [1.807, 2.05) is 72.8 Å². The first-order valence-corrected chi connectivity index (χ1v) is 10.6. The van der Waals surface area contributed by atoms with Crippen molar-refractivity contribution in [3.8, 4) is 5.69 Å². The zero-order valence-electron chi connectivity index (χ0n) is 16.2. The van der Waals surface area contributed by atoms with E-state index in [4.69, 9.17) is 0 Å². The maximum atomic E-state index is 12.5. The summed E-state index contributed by atoms with van der Waals surface area (Å²) < 4.78 is 2.06. The average Bonchev–Trinajstić information content (AvgIpc) is 3.17. The molecule has 29 heavy (non-hydrogen) atoms. The number of carbonyl (C=O) groups is 1. The average molecular weight is 403 g/mol. The lowest BCUT2D eigenvalue weighted by Gasteiger charge is -2.10. The number of carbonyl (C=O) groups excluding carboxylic acids is 1. The fourth-order valence-electron chi connectivity index (χ4n) is 3.24. The van der Waals surface area contributed by atoms with Gasteiger partial charge in [-0.25, -0.2) is 0 Å². The van der Waals surface area contributed by atoms with E-state index >= 15 is 0 Å². The number of fused-ring (bicyclic) bond motifs is 1. The third-order valence-electron chi connectivity index (χ3n) is 4.66. The minimum atomic E-state index is -0.00431. The zero-order valence-corrected chi connectivity index (χ0v) is 17.0. The van der Waals surface area contributed by atoms with E-state index < -0.39 is 0 Å². The lowest BCUT2D eigenvalue weighted by Crippen LogP contribution is -2.12. The second-order valence-corrected chi connectivity index (χ2v) is 7.66. The predicted octanol–water partition coefficient (Wildman–Crippen LogP) is 5.10. The molecule has 0 saturated carbocycles. The van der Waals surface area contributed by atoms with E-state index in [1.54, 1.807) is 11.8 Å². The van der Waals surface area contributed by atoms with Gasteiger partial charge in [-0.05, 0) is 23.6 Å². The van der Waals surface area contributed by atoms with Crippen LogP contribution in [0.5, 0.6) is 0 Å². The second kappa shape index (κ2) is 8.92. The van der Waals surface area contributed by atoms with Crippen LogP contribution in [0.15, 0.2) is 78.0 Å². The normalized spacial score (nSPS) is 10.9. The summed E-state index contributed by atoms with van der Waals surface area (Å²) in [6.07, 6.45) is 1.20. The number of aromatic nitrogens is 3. The van der Waals surface area contributed by atoms with Gasteiger partial charge in [0.15, 0.2) is 5.16 Å². The molecule has 146 valence electrons. The third kappa shape index (κ3) is 4.32. The molecule has 0 aliphatic rings. The van der Waals surface area contributed by atoms with Gasteiger partial charge in [-0.1, -0.05) is 73.3 Å². The number of para-hydroxylation sites is 1. The lowest BCUT2D eigenvalue weighted by molar-refractivity contribution is -0.115. The number of hydrogen-bond donors (Lipinski definition) is 1.